The van der Waals surface area contributed by atoms with Gasteiger partial charge in [0.15, 0.2) is 5.96 Å². The van der Waals surface area contributed by atoms with Crippen LogP contribution in [0.5, 0.6) is 0 Å². The van der Waals surface area contributed by atoms with Gasteiger partial charge in [0.05, 0.1) is 0 Å². The quantitative estimate of drug-likeness (QED) is 0.285. The summed E-state index contributed by atoms with van der Waals surface area (Å²) in [5.74, 6) is 1.62. The summed E-state index contributed by atoms with van der Waals surface area (Å²) in [6, 6.07) is 8.73. The molecule has 1 aliphatic rings. The summed E-state index contributed by atoms with van der Waals surface area (Å²) >= 11 is 1.77. The fraction of sp³-hybridized carbons (Fsp3) is 0.667. The third kappa shape index (κ3) is 8.54. The summed E-state index contributed by atoms with van der Waals surface area (Å²) in [6.45, 7) is 8.02. The number of guanidine groups is 1. The second kappa shape index (κ2) is 13.0. The monoisotopic (exact) mass is 393 g/mol. The molecule has 0 aliphatic carbocycles. The first-order valence-electron chi connectivity index (χ1n) is 10.0. The Bertz CT molecular complexity index is 545. The van der Waals surface area contributed by atoms with Gasteiger partial charge in [-0.05, 0) is 56.1 Å². The minimum Gasteiger partial charge on any atom is -0.381 e. The maximum atomic E-state index is 5.83. The zero-order chi connectivity index (χ0) is 19.3. The normalized spacial score (nSPS) is 15.7. The summed E-state index contributed by atoms with van der Waals surface area (Å²) < 4.78 is 11.2. The molecule has 1 saturated heterocycles. The predicted molar refractivity (Wildman–Crippen MR) is 115 cm³/mol. The van der Waals surface area contributed by atoms with E-state index < -0.39 is 0 Å². The predicted octanol–water partition coefficient (Wildman–Crippen LogP) is 3.64. The fourth-order valence-corrected chi connectivity index (χ4v) is 3.47. The van der Waals surface area contributed by atoms with Gasteiger partial charge in [-0.3, -0.25) is 4.99 Å². The lowest BCUT2D eigenvalue weighted by molar-refractivity contribution is 0.0205. The molecule has 0 aromatic heterocycles. The second-order valence-electron chi connectivity index (χ2n) is 6.92. The van der Waals surface area contributed by atoms with E-state index in [1.807, 2.05) is 0 Å². The van der Waals surface area contributed by atoms with E-state index in [-0.39, 0.29) is 0 Å². The average Bonchev–Trinajstić information content (AvgIpc) is 2.71. The molecule has 0 amide bonds. The van der Waals surface area contributed by atoms with Gasteiger partial charge in [-0.1, -0.05) is 12.1 Å². The van der Waals surface area contributed by atoms with Gasteiger partial charge in [-0.15, -0.1) is 11.8 Å². The molecular weight excluding hydrogens is 358 g/mol. The van der Waals surface area contributed by atoms with Crippen molar-refractivity contribution in [1.29, 1.82) is 0 Å². The summed E-state index contributed by atoms with van der Waals surface area (Å²) in [4.78, 5) is 8.23. The van der Waals surface area contributed by atoms with E-state index in [1.165, 1.54) is 10.5 Å². The molecule has 6 heteroatoms. The molecule has 5 nitrogen and oxygen atoms in total. The first-order chi connectivity index (χ1) is 13.2. The Hall–Kier alpha value is -1.24. The van der Waals surface area contributed by atoms with Gasteiger partial charge >= 0.3 is 0 Å². The fourth-order valence-electron chi connectivity index (χ4n) is 3.06. The number of hydrogen-bond donors (Lipinski definition) is 1. The number of hydrogen-bond acceptors (Lipinski definition) is 4. The first-order valence-corrected chi connectivity index (χ1v) is 11.2. The first kappa shape index (κ1) is 22.1. The molecule has 0 spiro atoms. The average molecular weight is 394 g/mol. The molecular formula is C21H35N3O2S. The van der Waals surface area contributed by atoms with E-state index in [0.717, 1.165) is 71.3 Å². The molecule has 1 fully saturated rings. The maximum Gasteiger partial charge on any atom is 0.193 e. The molecule has 0 unspecified atom stereocenters. The second-order valence-corrected chi connectivity index (χ2v) is 7.80. The van der Waals surface area contributed by atoms with E-state index in [0.29, 0.717) is 5.92 Å². The Morgan fingerprint density at radius 1 is 1.30 bits per heavy atom. The van der Waals surface area contributed by atoms with E-state index in [9.17, 15) is 0 Å². The lowest BCUT2D eigenvalue weighted by Gasteiger charge is -2.22. The zero-order valence-corrected chi connectivity index (χ0v) is 17.9. The number of rotatable bonds is 10. The van der Waals surface area contributed by atoms with Crippen molar-refractivity contribution >= 4 is 17.7 Å². The van der Waals surface area contributed by atoms with Crippen molar-refractivity contribution in [3.8, 4) is 0 Å². The number of nitrogens with zero attached hydrogens (tertiary/aromatic N) is 2. The van der Waals surface area contributed by atoms with Crippen molar-refractivity contribution in [3.63, 3.8) is 0 Å². The highest BCUT2D eigenvalue weighted by Crippen LogP contribution is 2.16. The van der Waals surface area contributed by atoms with Crippen molar-refractivity contribution in [3.05, 3.63) is 29.8 Å². The van der Waals surface area contributed by atoms with Crippen molar-refractivity contribution in [2.24, 2.45) is 10.9 Å². The SMILES string of the molecule is CCNC(=NCCCOCC1CCOCC1)N(C)Cc1ccc(SC)cc1. The van der Waals surface area contributed by atoms with Crippen LogP contribution in [0.2, 0.25) is 0 Å². The summed E-state index contributed by atoms with van der Waals surface area (Å²) in [6.07, 6.45) is 5.32. The number of aliphatic imine (C=N–C) groups is 1. The Morgan fingerprint density at radius 2 is 2.04 bits per heavy atom. The molecule has 27 heavy (non-hydrogen) atoms. The van der Waals surface area contributed by atoms with Gasteiger partial charge in [0.25, 0.3) is 0 Å². The summed E-state index contributed by atoms with van der Waals surface area (Å²) in [5.41, 5.74) is 1.29. The molecule has 1 aromatic carbocycles. The highest BCUT2D eigenvalue weighted by atomic mass is 32.2. The van der Waals surface area contributed by atoms with E-state index in [1.54, 1.807) is 11.8 Å². The van der Waals surface area contributed by atoms with Gasteiger partial charge in [0, 0.05) is 58.0 Å². The molecule has 1 aromatic rings. The van der Waals surface area contributed by atoms with E-state index in [2.05, 4.69) is 54.7 Å². The standard InChI is InChI=1S/C21H35N3O2S/c1-4-22-21(24(2)16-18-6-8-20(27-3)9-7-18)23-12-5-13-26-17-19-10-14-25-15-11-19/h6-9,19H,4-5,10-17H2,1-3H3,(H,22,23). The van der Waals surface area contributed by atoms with Gasteiger partial charge in [0.2, 0.25) is 0 Å². The lowest BCUT2D eigenvalue weighted by atomic mass is 10.0. The smallest absolute Gasteiger partial charge is 0.193 e. The highest BCUT2D eigenvalue weighted by Gasteiger charge is 2.13. The number of ether oxygens (including phenoxy) is 2. The summed E-state index contributed by atoms with van der Waals surface area (Å²) in [7, 11) is 2.09. The van der Waals surface area contributed by atoms with Gasteiger partial charge in [-0.2, -0.15) is 0 Å². The largest absolute Gasteiger partial charge is 0.381 e. The molecule has 1 heterocycles. The van der Waals surface area contributed by atoms with Crippen LogP contribution in [0.3, 0.4) is 0 Å². The van der Waals surface area contributed by atoms with E-state index >= 15 is 0 Å². The molecule has 0 saturated carbocycles. The molecule has 1 N–H and O–H groups in total. The van der Waals surface area contributed by atoms with Crippen LogP contribution in [0.25, 0.3) is 0 Å². The topological polar surface area (TPSA) is 46.1 Å². The number of nitrogens with one attached hydrogen (secondary N) is 1. The molecule has 1 aliphatic heterocycles. The van der Waals surface area contributed by atoms with Crippen molar-refractivity contribution in [1.82, 2.24) is 10.2 Å². The minimum atomic E-state index is 0.670. The molecule has 0 bridgehead atoms. The maximum absolute atomic E-state index is 5.83. The van der Waals surface area contributed by atoms with Crippen LogP contribution >= 0.6 is 11.8 Å². The zero-order valence-electron chi connectivity index (χ0n) is 17.1. The Labute approximate surface area is 168 Å². The van der Waals surface area contributed by atoms with Crippen molar-refractivity contribution in [2.75, 3.05) is 52.8 Å². The van der Waals surface area contributed by atoms with Crippen LogP contribution in [-0.4, -0.2) is 63.7 Å². The minimum absolute atomic E-state index is 0.670. The van der Waals surface area contributed by atoms with Crippen LogP contribution in [0.1, 0.15) is 31.7 Å². The third-order valence-corrected chi connectivity index (χ3v) is 5.42. The van der Waals surface area contributed by atoms with Crippen molar-refractivity contribution < 1.29 is 9.47 Å². The number of benzene rings is 1. The highest BCUT2D eigenvalue weighted by molar-refractivity contribution is 7.98. The van der Waals surface area contributed by atoms with Crippen LogP contribution in [0.4, 0.5) is 0 Å². The Kier molecular flexibility index (Phi) is 10.6. The Morgan fingerprint density at radius 3 is 2.70 bits per heavy atom. The van der Waals surface area contributed by atoms with Crippen molar-refractivity contribution in [2.45, 2.75) is 37.6 Å². The van der Waals surface area contributed by atoms with Gasteiger partial charge in [-0.25, -0.2) is 0 Å². The van der Waals surface area contributed by atoms with Crippen LogP contribution in [0, 0.1) is 5.92 Å². The number of thioether (sulfide) groups is 1. The third-order valence-electron chi connectivity index (χ3n) is 4.68. The lowest BCUT2D eigenvalue weighted by Crippen LogP contribution is -2.38. The van der Waals surface area contributed by atoms with Crippen LogP contribution in [0.15, 0.2) is 34.2 Å². The molecule has 0 radical (unpaired) electrons. The van der Waals surface area contributed by atoms with Crippen LogP contribution < -0.4 is 5.32 Å². The Balaban J connectivity index is 1.71. The molecule has 0 atom stereocenters. The van der Waals surface area contributed by atoms with E-state index in [4.69, 9.17) is 14.5 Å². The summed E-state index contributed by atoms with van der Waals surface area (Å²) in [5, 5.41) is 3.38. The molecule has 152 valence electrons. The molecule has 2 rings (SSSR count). The van der Waals surface area contributed by atoms with Crippen LogP contribution in [-0.2, 0) is 16.0 Å². The van der Waals surface area contributed by atoms with Gasteiger partial charge in [0.1, 0.15) is 0 Å². The van der Waals surface area contributed by atoms with Gasteiger partial charge < -0.3 is 19.7 Å².